The maximum absolute atomic E-state index is 14.8. The van der Waals surface area contributed by atoms with Crippen LogP contribution in [0, 0.1) is 0 Å². The second-order valence-corrected chi connectivity index (χ2v) is 16.4. The summed E-state index contributed by atoms with van der Waals surface area (Å²) in [7, 11) is 1.51. The molecule has 15 nitrogen and oxygen atoms in total. The monoisotopic (exact) mass is 919 g/mol. The molecule has 11 atom stereocenters. The summed E-state index contributed by atoms with van der Waals surface area (Å²) in [5, 5.41) is 14.4. The van der Waals surface area contributed by atoms with Crippen LogP contribution in [0.15, 0.2) is 140 Å². The van der Waals surface area contributed by atoms with Gasteiger partial charge < -0.3 is 47.7 Å². The second kappa shape index (κ2) is 19.4. The average molecular weight is 920 g/mol. The number of rotatable bonds is 13. The molecule has 4 aliphatic heterocycles. The van der Waals surface area contributed by atoms with Crippen molar-refractivity contribution in [3.8, 4) is 11.5 Å². The zero-order chi connectivity index (χ0) is 46.0. The highest BCUT2D eigenvalue weighted by Crippen LogP contribution is 2.49. The number of nitrogens with zero attached hydrogens (tertiary/aromatic N) is 1. The first-order valence-electron chi connectivity index (χ1n) is 21.4. The summed E-state index contributed by atoms with van der Waals surface area (Å²) in [4.78, 5) is 57.8. The van der Waals surface area contributed by atoms with E-state index in [1.54, 1.807) is 122 Å². The molecule has 0 aliphatic carbocycles. The molecule has 0 radical (unpaired) electrons. The maximum atomic E-state index is 14.8. The van der Waals surface area contributed by atoms with Crippen LogP contribution in [-0.4, -0.2) is 114 Å². The van der Waals surface area contributed by atoms with Gasteiger partial charge in [-0.3, -0.25) is 19.3 Å². The van der Waals surface area contributed by atoms with Gasteiger partial charge in [0.1, 0.15) is 53.4 Å². The first-order valence-corrected chi connectivity index (χ1v) is 21.9. The third-order valence-electron chi connectivity index (χ3n) is 12.1. The van der Waals surface area contributed by atoms with Crippen LogP contribution in [-0.2, 0) is 44.6 Å². The fourth-order valence-corrected chi connectivity index (χ4v) is 9.11. The number of amides is 2. The number of alkyl halides is 1. The standard InChI is InChI=1S/C50H46ClNO14/c1-29-39(65-47(56)31-16-8-4-9-17-31)40(64-38(53)26-51)41(59-27-30-14-6-3-7-15-30)44(61-29)50(57)42(52-45(54)35-20-12-13-21-36(35)46(52)55)49(62-34-24-22-33(58-2)23-25-34)63-37-28-60-48(66-43(37)50)32-18-10-5-11-19-32/h3-25,29,37,39-44,48-49,57H,26-28H2,1-2H3/t29-,37+,39+,40+,41-,42-,43+,44+,48?,49+,50+/m0/s1. The lowest BCUT2D eigenvalue weighted by Gasteiger charge is -2.60. The summed E-state index contributed by atoms with van der Waals surface area (Å²) in [6.45, 7) is 1.25. The van der Waals surface area contributed by atoms with Crippen molar-refractivity contribution in [3.63, 3.8) is 0 Å². The van der Waals surface area contributed by atoms with E-state index in [0.717, 1.165) is 4.90 Å². The molecule has 4 heterocycles. The maximum Gasteiger partial charge on any atom is 0.338 e. The molecule has 0 saturated carbocycles. The number of imide groups is 1. The number of carbonyl (C=O) groups excluding carboxylic acids is 4. The molecule has 3 saturated heterocycles. The summed E-state index contributed by atoms with van der Waals surface area (Å²) in [5.74, 6) is -3.04. The van der Waals surface area contributed by atoms with Gasteiger partial charge in [-0.15, -0.1) is 11.6 Å². The SMILES string of the molecule is COc1ccc(O[C@@H]2O[C@@H]3COC(c4ccccc4)O[C@H]3[C@@](O)([C@@H]3O[C@@H](C)[C@@H](OC(=O)c4ccccc4)[C@@H](OC(=O)CCl)[C@@H]3OCc3ccccc3)[C@H]2N2C(=O)c3ccccc3C2=O)cc1. The first-order chi connectivity index (χ1) is 32.1. The topological polar surface area (TPSA) is 175 Å². The molecule has 0 aromatic heterocycles. The molecule has 5 aromatic rings. The van der Waals surface area contributed by atoms with Gasteiger partial charge in [0, 0.05) is 5.56 Å². The fraction of sp³-hybridized carbons (Fsp3) is 0.320. The molecular formula is C50H46ClNO14. The number of aliphatic hydroxyl groups is 1. The summed E-state index contributed by atoms with van der Waals surface area (Å²) >= 11 is 6.10. The summed E-state index contributed by atoms with van der Waals surface area (Å²) in [6, 6.07) is 37.2. The van der Waals surface area contributed by atoms with Crippen LogP contribution in [0.25, 0.3) is 0 Å². The Morgan fingerprint density at radius 1 is 0.727 bits per heavy atom. The van der Waals surface area contributed by atoms with E-state index in [-0.39, 0.29) is 35.7 Å². The lowest BCUT2D eigenvalue weighted by molar-refractivity contribution is -0.393. The van der Waals surface area contributed by atoms with Crippen LogP contribution in [0.2, 0.25) is 0 Å². The van der Waals surface area contributed by atoms with Crippen molar-refractivity contribution in [3.05, 3.63) is 167 Å². The van der Waals surface area contributed by atoms with Crippen LogP contribution >= 0.6 is 11.6 Å². The minimum absolute atomic E-state index is 0.0712. The quantitative estimate of drug-likeness (QED) is 0.0820. The molecule has 16 heteroatoms. The van der Waals surface area contributed by atoms with Crippen molar-refractivity contribution in [1.29, 1.82) is 0 Å². The van der Waals surface area contributed by atoms with Crippen molar-refractivity contribution >= 4 is 35.4 Å². The molecule has 0 bridgehead atoms. The molecule has 5 aromatic carbocycles. The second-order valence-electron chi connectivity index (χ2n) is 16.2. The van der Waals surface area contributed by atoms with Gasteiger partial charge in [0.25, 0.3) is 11.8 Å². The largest absolute Gasteiger partial charge is 0.497 e. The van der Waals surface area contributed by atoms with E-state index < -0.39 is 96.6 Å². The van der Waals surface area contributed by atoms with Crippen molar-refractivity contribution < 1.29 is 66.9 Å². The predicted octanol–water partition coefficient (Wildman–Crippen LogP) is 6.06. The van der Waals surface area contributed by atoms with E-state index in [1.165, 1.54) is 19.2 Å². The van der Waals surface area contributed by atoms with Gasteiger partial charge in [0.05, 0.1) is 43.1 Å². The van der Waals surface area contributed by atoms with E-state index >= 15 is 0 Å². The number of fused-ring (bicyclic) bond motifs is 2. The first kappa shape index (κ1) is 45.0. The Balaban J connectivity index is 1.23. The van der Waals surface area contributed by atoms with Crippen molar-refractivity contribution in [2.45, 2.75) is 80.5 Å². The predicted molar refractivity (Wildman–Crippen MR) is 234 cm³/mol. The Morgan fingerprint density at radius 3 is 1.97 bits per heavy atom. The fourth-order valence-electron chi connectivity index (χ4n) is 9.04. The van der Waals surface area contributed by atoms with Gasteiger partial charge >= 0.3 is 11.9 Å². The molecular weight excluding hydrogens is 874 g/mol. The average Bonchev–Trinajstić information content (AvgIpc) is 3.60. The Kier molecular flexibility index (Phi) is 13.2. The Hall–Kier alpha value is -6.17. The minimum Gasteiger partial charge on any atom is -0.497 e. The normalized spacial score (nSPS) is 29.3. The van der Waals surface area contributed by atoms with Crippen molar-refractivity contribution in [2.75, 3.05) is 19.6 Å². The number of benzene rings is 5. The van der Waals surface area contributed by atoms with Gasteiger partial charge in [-0.25, -0.2) is 4.79 Å². The third kappa shape index (κ3) is 8.66. The van der Waals surface area contributed by atoms with Crippen LogP contribution < -0.4 is 9.47 Å². The molecule has 3 fully saturated rings. The highest BCUT2D eigenvalue weighted by Gasteiger charge is 2.71. The number of hydrogen-bond donors (Lipinski definition) is 1. The molecule has 1 N–H and O–H groups in total. The number of hydrogen-bond acceptors (Lipinski definition) is 14. The Bertz CT molecular complexity index is 2480. The minimum atomic E-state index is -2.60. The molecule has 2 amide bonds. The van der Waals surface area contributed by atoms with Crippen LogP contribution in [0.3, 0.4) is 0 Å². The molecule has 66 heavy (non-hydrogen) atoms. The van der Waals surface area contributed by atoms with Crippen LogP contribution in [0.4, 0.5) is 0 Å². The lowest BCUT2D eigenvalue weighted by atomic mass is 9.72. The Labute approximate surface area is 384 Å². The molecule has 4 aliphatic rings. The van der Waals surface area contributed by atoms with Gasteiger partial charge in [-0.1, -0.05) is 91.0 Å². The van der Waals surface area contributed by atoms with E-state index in [0.29, 0.717) is 16.9 Å². The summed E-state index contributed by atoms with van der Waals surface area (Å²) in [5.41, 5.74) is -0.989. The number of carbonyl (C=O) groups is 4. The van der Waals surface area contributed by atoms with Crippen molar-refractivity contribution in [2.24, 2.45) is 0 Å². The van der Waals surface area contributed by atoms with E-state index in [2.05, 4.69) is 0 Å². The molecule has 9 rings (SSSR count). The molecule has 0 spiro atoms. The van der Waals surface area contributed by atoms with E-state index in [4.69, 9.17) is 54.2 Å². The lowest BCUT2D eigenvalue weighted by Crippen LogP contribution is -2.82. The highest BCUT2D eigenvalue weighted by atomic mass is 35.5. The van der Waals surface area contributed by atoms with E-state index in [9.17, 15) is 24.3 Å². The molecule has 1 unspecified atom stereocenters. The zero-order valence-electron chi connectivity index (χ0n) is 35.8. The van der Waals surface area contributed by atoms with Gasteiger partial charge in [-0.2, -0.15) is 0 Å². The number of esters is 2. The van der Waals surface area contributed by atoms with E-state index in [1.807, 2.05) is 12.1 Å². The third-order valence-corrected chi connectivity index (χ3v) is 12.4. The summed E-state index contributed by atoms with van der Waals surface area (Å²) < 4.78 is 57.6. The molecule has 342 valence electrons. The van der Waals surface area contributed by atoms with Gasteiger partial charge in [-0.05, 0) is 61.0 Å². The smallest absolute Gasteiger partial charge is 0.338 e. The van der Waals surface area contributed by atoms with Gasteiger partial charge in [0.15, 0.2) is 18.5 Å². The zero-order valence-corrected chi connectivity index (χ0v) is 36.5. The highest BCUT2D eigenvalue weighted by molar-refractivity contribution is 6.26. The number of halogens is 1. The summed E-state index contributed by atoms with van der Waals surface area (Å²) in [6.07, 6.45) is -12.7. The van der Waals surface area contributed by atoms with Gasteiger partial charge in [0.2, 0.25) is 6.29 Å². The van der Waals surface area contributed by atoms with Crippen LogP contribution in [0.5, 0.6) is 11.5 Å². The number of methoxy groups -OCH3 is 1. The van der Waals surface area contributed by atoms with Crippen molar-refractivity contribution in [1.82, 2.24) is 4.90 Å². The Morgan fingerprint density at radius 2 is 1.33 bits per heavy atom. The van der Waals surface area contributed by atoms with Crippen LogP contribution in [0.1, 0.15) is 55.4 Å². The number of ether oxygens (including phenoxy) is 9.